The second kappa shape index (κ2) is 9.52. The third-order valence-electron chi connectivity index (χ3n) is 4.44. The number of halogens is 1. The summed E-state index contributed by atoms with van der Waals surface area (Å²) in [5.41, 5.74) is 3.23. The first-order chi connectivity index (χ1) is 14.3. The number of hydrogen-bond acceptors (Lipinski definition) is 4. The van der Waals surface area contributed by atoms with E-state index in [4.69, 9.17) is 11.6 Å². The fraction of sp³-hybridized carbons (Fsp3) is 0.174. The number of nitrogens with zero attached hydrogens (tertiary/aromatic N) is 2. The van der Waals surface area contributed by atoms with Gasteiger partial charge in [0.25, 0.3) is 11.8 Å². The Morgan fingerprint density at radius 3 is 2.33 bits per heavy atom. The van der Waals surface area contributed by atoms with Crippen LogP contribution in [0.5, 0.6) is 0 Å². The monoisotopic (exact) mass is 422 g/mol. The highest BCUT2D eigenvalue weighted by atomic mass is 35.5. The first kappa shape index (κ1) is 21.5. The highest BCUT2D eigenvalue weighted by molar-refractivity contribution is 6.30. The second-order valence-corrected chi connectivity index (χ2v) is 7.64. The zero-order chi connectivity index (χ0) is 21.7. The minimum atomic E-state index is -0.370. The van der Waals surface area contributed by atoms with Crippen LogP contribution in [-0.4, -0.2) is 35.8 Å². The summed E-state index contributed by atoms with van der Waals surface area (Å²) in [6.45, 7) is 2.63. The maximum Gasteiger partial charge on any atom is 0.258 e. The highest BCUT2D eigenvalue weighted by Crippen LogP contribution is 2.23. The van der Waals surface area contributed by atoms with Crippen LogP contribution in [0.3, 0.4) is 0 Å². The maximum atomic E-state index is 12.8. The van der Waals surface area contributed by atoms with E-state index in [0.29, 0.717) is 27.7 Å². The zero-order valence-corrected chi connectivity index (χ0v) is 17.8. The van der Waals surface area contributed by atoms with Gasteiger partial charge in [-0.3, -0.25) is 9.59 Å². The Bertz CT molecular complexity index is 1050. The Hall–Kier alpha value is -3.22. The predicted octanol–water partition coefficient (Wildman–Crippen LogP) is 4.61. The molecule has 1 heterocycles. The van der Waals surface area contributed by atoms with Gasteiger partial charge in [-0.15, -0.1) is 0 Å². The van der Waals surface area contributed by atoms with Crippen molar-refractivity contribution in [1.29, 1.82) is 0 Å². The standard InChI is InChI=1S/C23H23ClN4O2/c1-15-5-4-6-19(23(30)26-20-12-11-18(24)13-25-20)21(15)27-22(29)17-9-7-16(8-10-17)14-28(2)3/h4-13H,14H2,1-3H3,(H,27,29)(H,25,26,30). The number of pyridine rings is 1. The summed E-state index contributed by atoms with van der Waals surface area (Å²) in [5, 5.41) is 6.09. The lowest BCUT2D eigenvalue weighted by molar-refractivity contribution is 0.102. The molecule has 154 valence electrons. The average Bonchev–Trinajstić information content (AvgIpc) is 2.71. The second-order valence-electron chi connectivity index (χ2n) is 7.20. The summed E-state index contributed by atoms with van der Waals surface area (Å²) >= 11 is 5.84. The number of aromatic nitrogens is 1. The number of carbonyl (C=O) groups excluding carboxylic acids is 2. The van der Waals surface area contributed by atoms with E-state index in [1.165, 1.54) is 6.20 Å². The summed E-state index contributed by atoms with van der Waals surface area (Å²) < 4.78 is 0. The summed E-state index contributed by atoms with van der Waals surface area (Å²) in [5.74, 6) is -0.274. The van der Waals surface area contributed by atoms with Crippen LogP contribution in [0.4, 0.5) is 11.5 Å². The topological polar surface area (TPSA) is 74.3 Å². The molecule has 0 atom stereocenters. The van der Waals surface area contributed by atoms with Crippen molar-refractivity contribution < 1.29 is 9.59 Å². The first-order valence-electron chi connectivity index (χ1n) is 9.41. The van der Waals surface area contributed by atoms with Crippen molar-refractivity contribution in [1.82, 2.24) is 9.88 Å². The van der Waals surface area contributed by atoms with E-state index in [1.54, 1.807) is 36.4 Å². The van der Waals surface area contributed by atoms with Crippen molar-refractivity contribution in [3.05, 3.63) is 88.1 Å². The maximum absolute atomic E-state index is 12.8. The molecule has 0 saturated carbocycles. The average molecular weight is 423 g/mol. The number of nitrogens with one attached hydrogen (secondary N) is 2. The minimum absolute atomic E-state index is 0.278. The molecule has 0 aliphatic carbocycles. The van der Waals surface area contributed by atoms with Gasteiger partial charge < -0.3 is 15.5 Å². The number of anilines is 2. The van der Waals surface area contributed by atoms with Gasteiger partial charge in [0, 0.05) is 18.3 Å². The predicted molar refractivity (Wildman–Crippen MR) is 120 cm³/mol. The van der Waals surface area contributed by atoms with Gasteiger partial charge in [0.15, 0.2) is 0 Å². The van der Waals surface area contributed by atoms with Crippen molar-refractivity contribution in [2.45, 2.75) is 13.5 Å². The molecule has 2 aromatic carbocycles. The van der Waals surface area contributed by atoms with Crippen LogP contribution in [-0.2, 0) is 6.54 Å². The Labute approximate surface area is 180 Å². The Morgan fingerprint density at radius 2 is 1.70 bits per heavy atom. The molecule has 0 aliphatic heterocycles. The van der Waals surface area contributed by atoms with E-state index in [0.717, 1.165) is 17.7 Å². The largest absolute Gasteiger partial charge is 0.321 e. The van der Waals surface area contributed by atoms with E-state index in [2.05, 4.69) is 20.5 Å². The van der Waals surface area contributed by atoms with E-state index in [1.807, 2.05) is 39.2 Å². The van der Waals surface area contributed by atoms with Crippen molar-refractivity contribution in [3.8, 4) is 0 Å². The van der Waals surface area contributed by atoms with Crippen molar-refractivity contribution in [2.24, 2.45) is 0 Å². The third kappa shape index (κ3) is 5.43. The molecule has 7 heteroatoms. The smallest absolute Gasteiger partial charge is 0.258 e. The number of rotatable bonds is 6. The molecule has 2 N–H and O–H groups in total. The van der Waals surface area contributed by atoms with Crippen molar-refractivity contribution in [2.75, 3.05) is 24.7 Å². The van der Waals surface area contributed by atoms with Gasteiger partial charge >= 0.3 is 0 Å². The van der Waals surface area contributed by atoms with E-state index in [9.17, 15) is 9.59 Å². The molecular formula is C23H23ClN4O2. The van der Waals surface area contributed by atoms with Gasteiger partial charge in [0.05, 0.1) is 16.3 Å². The minimum Gasteiger partial charge on any atom is -0.321 e. The molecule has 0 bridgehead atoms. The summed E-state index contributed by atoms with van der Waals surface area (Å²) in [7, 11) is 3.98. The van der Waals surface area contributed by atoms with E-state index < -0.39 is 0 Å². The Morgan fingerprint density at radius 1 is 0.967 bits per heavy atom. The third-order valence-corrected chi connectivity index (χ3v) is 4.66. The van der Waals surface area contributed by atoms with Crippen LogP contribution < -0.4 is 10.6 Å². The summed E-state index contributed by atoms with van der Waals surface area (Å²) in [6.07, 6.45) is 1.45. The lowest BCUT2D eigenvalue weighted by Gasteiger charge is -2.14. The van der Waals surface area contributed by atoms with E-state index >= 15 is 0 Å². The van der Waals surface area contributed by atoms with Gasteiger partial charge in [-0.25, -0.2) is 4.98 Å². The molecule has 0 saturated heterocycles. The van der Waals surface area contributed by atoms with Gasteiger partial charge in [-0.05, 0) is 62.5 Å². The molecular weight excluding hydrogens is 400 g/mol. The number of amides is 2. The number of hydrogen-bond donors (Lipinski definition) is 2. The molecule has 3 rings (SSSR count). The normalized spacial score (nSPS) is 10.7. The molecule has 3 aromatic rings. The lowest BCUT2D eigenvalue weighted by atomic mass is 10.1. The fourth-order valence-electron chi connectivity index (χ4n) is 2.97. The van der Waals surface area contributed by atoms with Crippen LogP contribution in [0.1, 0.15) is 31.8 Å². The molecule has 30 heavy (non-hydrogen) atoms. The van der Waals surface area contributed by atoms with Gasteiger partial charge in [-0.1, -0.05) is 35.9 Å². The van der Waals surface area contributed by atoms with Crippen LogP contribution in [0.15, 0.2) is 60.8 Å². The number of carbonyl (C=O) groups is 2. The Kier molecular flexibility index (Phi) is 6.82. The molecule has 2 amide bonds. The molecule has 0 aliphatic rings. The van der Waals surface area contributed by atoms with Crippen molar-refractivity contribution >= 4 is 34.9 Å². The number of para-hydroxylation sites is 1. The zero-order valence-electron chi connectivity index (χ0n) is 17.1. The fourth-order valence-corrected chi connectivity index (χ4v) is 3.08. The molecule has 6 nitrogen and oxygen atoms in total. The van der Waals surface area contributed by atoms with Crippen LogP contribution in [0.25, 0.3) is 0 Å². The number of aryl methyl sites for hydroxylation is 1. The van der Waals surface area contributed by atoms with Crippen LogP contribution in [0.2, 0.25) is 5.02 Å². The van der Waals surface area contributed by atoms with Gasteiger partial charge in [0.2, 0.25) is 0 Å². The quantitative estimate of drug-likeness (QED) is 0.608. The van der Waals surface area contributed by atoms with E-state index in [-0.39, 0.29) is 11.8 Å². The summed E-state index contributed by atoms with van der Waals surface area (Å²) in [6, 6.07) is 15.9. The molecule has 0 radical (unpaired) electrons. The van der Waals surface area contributed by atoms with Crippen LogP contribution >= 0.6 is 11.6 Å². The number of benzene rings is 2. The molecule has 0 fully saturated rings. The lowest BCUT2D eigenvalue weighted by Crippen LogP contribution is -2.19. The van der Waals surface area contributed by atoms with Gasteiger partial charge in [-0.2, -0.15) is 0 Å². The van der Waals surface area contributed by atoms with Gasteiger partial charge in [0.1, 0.15) is 5.82 Å². The van der Waals surface area contributed by atoms with Crippen molar-refractivity contribution in [3.63, 3.8) is 0 Å². The first-order valence-corrected chi connectivity index (χ1v) is 9.79. The summed E-state index contributed by atoms with van der Waals surface area (Å²) in [4.78, 5) is 31.7. The Balaban J connectivity index is 1.79. The highest BCUT2D eigenvalue weighted by Gasteiger charge is 2.17. The molecule has 0 unspecified atom stereocenters. The molecule has 0 spiro atoms. The molecule has 1 aromatic heterocycles. The SMILES string of the molecule is Cc1cccc(C(=O)Nc2ccc(Cl)cn2)c1NC(=O)c1ccc(CN(C)C)cc1. The van der Waals surface area contributed by atoms with Crippen LogP contribution in [0, 0.1) is 6.92 Å².